The molecule has 1 aromatic heterocycles. The third-order valence-electron chi connectivity index (χ3n) is 4.16. The lowest BCUT2D eigenvalue weighted by Gasteiger charge is -2.26. The third kappa shape index (κ3) is 2.82. The Bertz CT molecular complexity index is 412. The summed E-state index contributed by atoms with van der Waals surface area (Å²) in [6, 6.07) is 0.382. The van der Waals surface area contributed by atoms with Gasteiger partial charge in [0.05, 0.1) is 12.1 Å². The zero-order valence-corrected chi connectivity index (χ0v) is 11.8. The number of fused-ring (bicyclic) bond motifs is 1. The summed E-state index contributed by atoms with van der Waals surface area (Å²) in [5, 5.41) is 12.4. The molecule has 3 heterocycles. The molecule has 2 aliphatic rings. The fourth-order valence-electron chi connectivity index (χ4n) is 3.14. The summed E-state index contributed by atoms with van der Waals surface area (Å²) in [5.74, 6) is 2.24. The molecule has 0 bridgehead atoms. The molecule has 2 unspecified atom stereocenters. The minimum atomic E-state index is 0.349. The van der Waals surface area contributed by atoms with Gasteiger partial charge in [-0.05, 0) is 25.7 Å². The Kier molecular flexibility index (Phi) is 4.13. The molecule has 0 spiro atoms. The topological polar surface area (TPSA) is 52.0 Å². The third-order valence-corrected chi connectivity index (χ3v) is 4.16. The molecule has 1 fully saturated rings. The second-order valence-corrected chi connectivity index (χ2v) is 5.61. The average Bonchev–Trinajstić information content (AvgIpc) is 2.85. The minimum Gasteiger partial charge on any atom is -0.378 e. The van der Waals surface area contributed by atoms with Crippen LogP contribution in [0.3, 0.4) is 0 Å². The SMILES string of the molecule is CCCC1NCCn2c(CC3CCCCO3)nnc21. The molecule has 0 aromatic carbocycles. The van der Waals surface area contributed by atoms with Gasteiger partial charge in [-0.15, -0.1) is 10.2 Å². The van der Waals surface area contributed by atoms with Crippen LogP contribution in [0.1, 0.15) is 56.7 Å². The van der Waals surface area contributed by atoms with Gasteiger partial charge < -0.3 is 14.6 Å². The van der Waals surface area contributed by atoms with Gasteiger partial charge in [-0.2, -0.15) is 0 Å². The van der Waals surface area contributed by atoms with Crippen molar-refractivity contribution in [3.63, 3.8) is 0 Å². The molecule has 2 aliphatic heterocycles. The normalized spacial score (nSPS) is 27.2. The van der Waals surface area contributed by atoms with Gasteiger partial charge in [0.25, 0.3) is 0 Å². The summed E-state index contributed by atoms with van der Waals surface area (Å²) in [7, 11) is 0. The number of hydrogen-bond donors (Lipinski definition) is 1. The van der Waals surface area contributed by atoms with Crippen molar-refractivity contribution < 1.29 is 4.74 Å². The molecular formula is C14H24N4O. The van der Waals surface area contributed by atoms with E-state index in [0.717, 1.165) is 44.2 Å². The predicted octanol–water partition coefficient (Wildman–Crippen LogP) is 1.83. The monoisotopic (exact) mass is 264 g/mol. The highest BCUT2D eigenvalue weighted by molar-refractivity contribution is 5.05. The lowest BCUT2D eigenvalue weighted by molar-refractivity contribution is 0.0150. The van der Waals surface area contributed by atoms with Crippen molar-refractivity contribution >= 4 is 0 Å². The van der Waals surface area contributed by atoms with Crippen molar-refractivity contribution in [2.75, 3.05) is 13.2 Å². The molecule has 1 aromatic rings. The van der Waals surface area contributed by atoms with Crippen LogP contribution >= 0.6 is 0 Å². The fourth-order valence-corrected chi connectivity index (χ4v) is 3.14. The Morgan fingerprint density at radius 2 is 2.32 bits per heavy atom. The first-order chi connectivity index (χ1) is 9.38. The molecule has 0 radical (unpaired) electrons. The van der Waals surface area contributed by atoms with Gasteiger partial charge in [0.15, 0.2) is 0 Å². The lowest BCUT2D eigenvalue weighted by Crippen LogP contribution is -2.35. The van der Waals surface area contributed by atoms with E-state index in [1.54, 1.807) is 0 Å². The molecular weight excluding hydrogens is 240 g/mol. The second-order valence-electron chi connectivity index (χ2n) is 5.61. The summed E-state index contributed by atoms with van der Waals surface area (Å²) >= 11 is 0. The molecule has 0 saturated carbocycles. The molecule has 1 N–H and O–H groups in total. The van der Waals surface area contributed by atoms with E-state index in [1.807, 2.05) is 0 Å². The van der Waals surface area contributed by atoms with E-state index in [4.69, 9.17) is 4.74 Å². The zero-order chi connectivity index (χ0) is 13.1. The number of rotatable bonds is 4. The molecule has 19 heavy (non-hydrogen) atoms. The quantitative estimate of drug-likeness (QED) is 0.901. The summed E-state index contributed by atoms with van der Waals surface area (Å²) in [6.07, 6.45) is 7.23. The van der Waals surface area contributed by atoms with Gasteiger partial charge in [0.1, 0.15) is 11.6 Å². The number of nitrogens with zero attached hydrogens (tertiary/aromatic N) is 3. The minimum absolute atomic E-state index is 0.349. The van der Waals surface area contributed by atoms with E-state index in [0.29, 0.717) is 12.1 Å². The maximum Gasteiger partial charge on any atom is 0.150 e. The van der Waals surface area contributed by atoms with E-state index in [2.05, 4.69) is 27.0 Å². The van der Waals surface area contributed by atoms with Crippen molar-refractivity contribution in [3.05, 3.63) is 11.6 Å². The first kappa shape index (κ1) is 13.1. The Morgan fingerprint density at radius 1 is 1.37 bits per heavy atom. The van der Waals surface area contributed by atoms with Gasteiger partial charge in [0.2, 0.25) is 0 Å². The summed E-state index contributed by atoms with van der Waals surface area (Å²) in [4.78, 5) is 0. The van der Waals surface area contributed by atoms with Crippen molar-refractivity contribution in [1.29, 1.82) is 0 Å². The zero-order valence-electron chi connectivity index (χ0n) is 11.8. The maximum absolute atomic E-state index is 5.82. The Labute approximate surface area is 114 Å². The maximum atomic E-state index is 5.82. The van der Waals surface area contributed by atoms with Gasteiger partial charge in [-0.3, -0.25) is 0 Å². The Morgan fingerprint density at radius 3 is 3.11 bits per heavy atom. The number of ether oxygens (including phenoxy) is 1. The highest BCUT2D eigenvalue weighted by Crippen LogP contribution is 2.23. The molecule has 2 atom stereocenters. The first-order valence-electron chi connectivity index (χ1n) is 7.65. The van der Waals surface area contributed by atoms with Gasteiger partial charge in [0, 0.05) is 26.1 Å². The highest BCUT2D eigenvalue weighted by Gasteiger charge is 2.25. The van der Waals surface area contributed by atoms with Crippen LogP contribution in [0.4, 0.5) is 0 Å². The van der Waals surface area contributed by atoms with Crippen LogP contribution in [0, 0.1) is 0 Å². The summed E-state index contributed by atoms with van der Waals surface area (Å²) < 4.78 is 8.13. The molecule has 1 saturated heterocycles. The largest absolute Gasteiger partial charge is 0.378 e. The molecule has 5 nitrogen and oxygen atoms in total. The van der Waals surface area contributed by atoms with Gasteiger partial charge >= 0.3 is 0 Å². The Balaban J connectivity index is 1.72. The second kappa shape index (κ2) is 6.01. The summed E-state index contributed by atoms with van der Waals surface area (Å²) in [6.45, 7) is 5.14. The van der Waals surface area contributed by atoms with E-state index < -0.39 is 0 Å². The van der Waals surface area contributed by atoms with Gasteiger partial charge in [-0.25, -0.2) is 0 Å². The van der Waals surface area contributed by atoms with E-state index in [9.17, 15) is 0 Å². The number of aromatic nitrogens is 3. The molecule has 3 rings (SSSR count). The van der Waals surface area contributed by atoms with Crippen LogP contribution in [-0.4, -0.2) is 34.0 Å². The predicted molar refractivity (Wildman–Crippen MR) is 73.0 cm³/mol. The molecule has 0 amide bonds. The standard InChI is InChI=1S/C14H24N4O/c1-2-5-12-14-17-16-13(18(14)8-7-15-12)10-11-6-3-4-9-19-11/h11-12,15H,2-10H2,1H3. The number of nitrogens with one attached hydrogen (secondary N) is 1. The summed E-state index contributed by atoms with van der Waals surface area (Å²) in [5.41, 5.74) is 0. The number of hydrogen-bond acceptors (Lipinski definition) is 4. The van der Waals surface area contributed by atoms with Crippen LogP contribution in [-0.2, 0) is 17.7 Å². The van der Waals surface area contributed by atoms with Crippen molar-refractivity contribution in [2.45, 2.75) is 64.1 Å². The molecule has 106 valence electrons. The molecule has 0 aliphatic carbocycles. The first-order valence-corrected chi connectivity index (χ1v) is 7.65. The van der Waals surface area contributed by atoms with Crippen LogP contribution < -0.4 is 5.32 Å². The molecule has 5 heteroatoms. The average molecular weight is 264 g/mol. The van der Waals surface area contributed by atoms with Crippen LogP contribution in [0.5, 0.6) is 0 Å². The highest BCUT2D eigenvalue weighted by atomic mass is 16.5. The van der Waals surface area contributed by atoms with Crippen LogP contribution in [0.25, 0.3) is 0 Å². The van der Waals surface area contributed by atoms with Gasteiger partial charge in [-0.1, -0.05) is 13.3 Å². The lowest BCUT2D eigenvalue weighted by atomic mass is 10.1. The van der Waals surface area contributed by atoms with E-state index in [-0.39, 0.29) is 0 Å². The Hall–Kier alpha value is -0.940. The van der Waals surface area contributed by atoms with Crippen molar-refractivity contribution in [3.8, 4) is 0 Å². The van der Waals surface area contributed by atoms with Crippen LogP contribution in [0.2, 0.25) is 0 Å². The van der Waals surface area contributed by atoms with Crippen LogP contribution in [0.15, 0.2) is 0 Å². The fraction of sp³-hybridized carbons (Fsp3) is 0.857. The van der Waals surface area contributed by atoms with E-state index in [1.165, 1.54) is 25.7 Å². The van der Waals surface area contributed by atoms with Crippen molar-refractivity contribution in [1.82, 2.24) is 20.1 Å². The smallest absolute Gasteiger partial charge is 0.150 e. The van der Waals surface area contributed by atoms with Crippen molar-refractivity contribution in [2.24, 2.45) is 0 Å². The van der Waals surface area contributed by atoms with E-state index >= 15 is 0 Å².